The van der Waals surface area contributed by atoms with Crippen LogP contribution in [0.4, 0.5) is 0 Å². The SMILES string of the molecule is CC(C)(C)c1c(Cl)cnc2cc(Cl)ccc12. The van der Waals surface area contributed by atoms with E-state index in [1.807, 2.05) is 18.2 Å². The quantitative estimate of drug-likeness (QED) is 0.655. The molecule has 0 radical (unpaired) electrons. The van der Waals surface area contributed by atoms with Gasteiger partial charge in [0, 0.05) is 16.6 Å². The maximum absolute atomic E-state index is 6.23. The van der Waals surface area contributed by atoms with Gasteiger partial charge in [-0.25, -0.2) is 0 Å². The molecular weight excluding hydrogens is 241 g/mol. The predicted octanol–water partition coefficient (Wildman–Crippen LogP) is 4.84. The molecule has 1 heterocycles. The van der Waals surface area contributed by atoms with Crippen LogP contribution in [-0.4, -0.2) is 4.98 Å². The van der Waals surface area contributed by atoms with Gasteiger partial charge in [-0.15, -0.1) is 0 Å². The molecule has 0 spiro atoms. The molecule has 0 N–H and O–H groups in total. The first-order chi connectivity index (χ1) is 7.39. The predicted molar refractivity (Wildman–Crippen MR) is 70.5 cm³/mol. The van der Waals surface area contributed by atoms with Crippen LogP contribution in [0.2, 0.25) is 10.0 Å². The number of hydrogen-bond acceptors (Lipinski definition) is 1. The zero-order valence-electron chi connectivity index (χ0n) is 9.51. The van der Waals surface area contributed by atoms with Crippen LogP contribution < -0.4 is 0 Å². The summed E-state index contributed by atoms with van der Waals surface area (Å²) in [6.45, 7) is 6.42. The van der Waals surface area contributed by atoms with Crippen molar-refractivity contribution in [2.45, 2.75) is 26.2 Å². The number of aromatic nitrogens is 1. The van der Waals surface area contributed by atoms with Gasteiger partial charge in [-0.2, -0.15) is 0 Å². The molecule has 16 heavy (non-hydrogen) atoms. The molecule has 1 aromatic carbocycles. The minimum absolute atomic E-state index is 0.00783. The van der Waals surface area contributed by atoms with Gasteiger partial charge in [-0.3, -0.25) is 4.98 Å². The number of fused-ring (bicyclic) bond motifs is 1. The number of pyridine rings is 1. The summed E-state index contributed by atoms with van der Waals surface area (Å²) in [4.78, 5) is 4.30. The van der Waals surface area contributed by atoms with Crippen LogP contribution in [0.1, 0.15) is 26.3 Å². The van der Waals surface area contributed by atoms with Crippen LogP contribution in [0.5, 0.6) is 0 Å². The Hall–Kier alpha value is -0.790. The van der Waals surface area contributed by atoms with Gasteiger partial charge in [0.25, 0.3) is 0 Å². The van der Waals surface area contributed by atoms with E-state index in [0.717, 1.165) is 16.5 Å². The lowest BCUT2D eigenvalue weighted by Gasteiger charge is -2.22. The monoisotopic (exact) mass is 253 g/mol. The molecule has 0 aliphatic carbocycles. The Kier molecular flexibility index (Phi) is 2.85. The van der Waals surface area contributed by atoms with E-state index in [1.165, 1.54) is 0 Å². The number of rotatable bonds is 0. The molecule has 0 bridgehead atoms. The topological polar surface area (TPSA) is 12.9 Å². The second-order valence-electron chi connectivity index (χ2n) is 4.89. The molecule has 84 valence electrons. The van der Waals surface area contributed by atoms with E-state index in [9.17, 15) is 0 Å². The van der Waals surface area contributed by atoms with Crippen molar-refractivity contribution >= 4 is 34.1 Å². The summed E-state index contributed by atoms with van der Waals surface area (Å²) in [5, 5.41) is 2.48. The highest BCUT2D eigenvalue weighted by Crippen LogP contribution is 2.35. The third kappa shape index (κ3) is 2.02. The summed E-state index contributed by atoms with van der Waals surface area (Å²) in [5.41, 5.74) is 2.00. The van der Waals surface area contributed by atoms with Crippen molar-refractivity contribution in [1.82, 2.24) is 4.98 Å². The third-order valence-electron chi connectivity index (χ3n) is 2.53. The maximum atomic E-state index is 6.23. The molecular formula is C13H13Cl2N. The lowest BCUT2D eigenvalue weighted by Crippen LogP contribution is -2.13. The van der Waals surface area contributed by atoms with Gasteiger partial charge < -0.3 is 0 Å². The van der Waals surface area contributed by atoms with Gasteiger partial charge >= 0.3 is 0 Å². The summed E-state index contributed by atoms with van der Waals surface area (Å²) in [7, 11) is 0. The molecule has 0 aliphatic rings. The zero-order chi connectivity index (χ0) is 11.9. The van der Waals surface area contributed by atoms with Crippen LogP contribution in [0.25, 0.3) is 10.9 Å². The van der Waals surface area contributed by atoms with E-state index >= 15 is 0 Å². The molecule has 0 fully saturated rings. The molecule has 0 amide bonds. The van der Waals surface area contributed by atoms with Gasteiger partial charge in [0.1, 0.15) is 0 Å². The van der Waals surface area contributed by atoms with Crippen LogP contribution in [-0.2, 0) is 5.41 Å². The van der Waals surface area contributed by atoms with Crippen LogP contribution in [0.15, 0.2) is 24.4 Å². The first-order valence-corrected chi connectivity index (χ1v) is 5.89. The fourth-order valence-corrected chi connectivity index (χ4v) is 2.51. The molecule has 2 aromatic rings. The summed E-state index contributed by atoms with van der Waals surface area (Å²) in [6.07, 6.45) is 1.70. The van der Waals surface area contributed by atoms with E-state index in [-0.39, 0.29) is 5.41 Å². The number of halogens is 2. The summed E-state index contributed by atoms with van der Waals surface area (Å²) >= 11 is 12.2. The second-order valence-corrected chi connectivity index (χ2v) is 5.74. The molecule has 0 saturated heterocycles. The zero-order valence-corrected chi connectivity index (χ0v) is 11.0. The number of nitrogens with zero attached hydrogens (tertiary/aromatic N) is 1. The van der Waals surface area contributed by atoms with Crippen LogP contribution in [0.3, 0.4) is 0 Å². The van der Waals surface area contributed by atoms with E-state index in [1.54, 1.807) is 6.20 Å². The van der Waals surface area contributed by atoms with Crippen molar-refractivity contribution in [3.8, 4) is 0 Å². The molecule has 0 aliphatic heterocycles. The van der Waals surface area contributed by atoms with E-state index in [0.29, 0.717) is 10.0 Å². The normalized spacial score (nSPS) is 12.1. The summed E-state index contributed by atoms with van der Waals surface area (Å²) in [6, 6.07) is 5.72. The van der Waals surface area contributed by atoms with Crippen LogP contribution in [0, 0.1) is 0 Å². The second kappa shape index (κ2) is 3.90. The minimum Gasteiger partial charge on any atom is -0.255 e. The first-order valence-electron chi connectivity index (χ1n) is 5.14. The van der Waals surface area contributed by atoms with Gasteiger partial charge in [0.2, 0.25) is 0 Å². The number of benzene rings is 1. The van der Waals surface area contributed by atoms with Crippen molar-refractivity contribution < 1.29 is 0 Å². The molecule has 2 rings (SSSR count). The van der Waals surface area contributed by atoms with E-state index in [4.69, 9.17) is 23.2 Å². The van der Waals surface area contributed by atoms with Crippen molar-refractivity contribution in [1.29, 1.82) is 0 Å². The van der Waals surface area contributed by atoms with Crippen molar-refractivity contribution in [2.75, 3.05) is 0 Å². The Morgan fingerprint density at radius 3 is 2.44 bits per heavy atom. The Morgan fingerprint density at radius 1 is 1.12 bits per heavy atom. The molecule has 0 unspecified atom stereocenters. The first kappa shape index (κ1) is 11.7. The fraction of sp³-hybridized carbons (Fsp3) is 0.308. The lowest BCUT2D eigenvalue weighted by atomic mass is 9.85. The highest BCUT2D eigenvalue weighted by atomic mass is 35.5. The maximum Gasteiger partial charge on any atom is 0.0720 e. The number of hydrogen-bond donors (Lipinski definition) is 0. The molecule has 3 heteroatoms. The molecule has 0 saturated carbocycles. The largest absolute Gasteiger partial charge is 0.255 e. The molecule has 0 atom stereocenters. The van der Waals surface area contributed by atoms with E-state index in [2.05, 4.69) is 25.8 Å². The van der Waals surface area contributed by atoms with Crippen molar-refractivity contribution in [3.63, 3.8) is 0 Å². The highest BCUT2D eigenvalue weighted by molar-refractivity contribution is 6.33. The van der Waals surface area contributed by atoms with Crippen molar-refractivity contribution in [3.05, 3.63) is 40.0 Å². The summed E-state index contributed by atoms with van der Waals surface area (Å²) in [5.74, 6) is 0. The van der Waals surface area contributed by atoms with Gasteiger partial charge in [0.05, 0.1) is 10.5 Å². The standard InChI is InChI=1S/C13H13Cl2N/c1-13(2,3)12-9-5-4-8(14)6-11(9)16-7-10(12)15/h4-7H,1-3H3. The van der Waals surface area contributed by atoms with Gasteiger partial charge in [-0.1, -0.05) is 50.0 Å². The third-order valence-corrected chi connectivity index (χ3v) is 3.06. The average Bonchev–Trinajstić information content (AvgIpc) is 2.16. The van der Waals surface area contributed by atoms with Crippen molar-refractivity contribution in [2.24, 2.45) is 0 Å². The molecule has 1 nitrogen and oxygen atoms in total. The van der Waals surface area contributed by atoms with Gasteiger partial charge in [-0.05, 0) is 23.1 Å². The highest BCUT2D eigenvalue weighted by Gasteiger charge is 2.20. The van der Waals surface area contributed by atoms with E-state index < -0.39 is 0 Å². The fourth-order valence-electron chi connectivity index (χ4n) is 1.90. The minimum atomic E-state index is -0.00783. The smallest absolute Gasteiger partial charge is 0.0720 e. The summed E-state index contributed by atoms with van der Waals surface area (Å²) < 4.78 is 0. The van der Waals surface area contributed by atoms with Gasteiger partial charge in [0.15, 0.2) is 0 Å². The Labute approximate surface area is 105 Å². The Bertz CT molecular complexity index is 541. The lowest BCUT2D eigenvalue weighted by molar-refractivity contribution is 0.595. The average molecular weight is 254 g/mol. The van der Waals surface area contributed by atoms with Crippen LogP contribution >= 0.6 is 23.2 Å². The Morgan fingerprint density at radius 2 is 1.81 bits per heavy atom. The Balaban J connectivity index is 2.85. The molecule has 1 aromatic heterocycles.